The molecule has 0 bridgehead atoms. The van der Waals surface area contributed by atoms with E-state index in [1.807, 2.05) is 54.7 Å². The van der Waals surface area contributed by atoms with E-state index in [9.17, 15) is 9.59 Å². The van der Waals surface area contributed by atoms with Crippen LogP contribution in [-0.4, -0.2) is 32.3 Å². The largest absolute Gasteiger partial charge is 0.497 e. The van der Waals surface area contributed by atoms with Gasteiger partial charge in [0.05, 0.1) is 24.2 Å². The lowest BCUT2D eigenvalue weighted by molar-refractivity contribution is -0.119. The third-order valence-electron chi connectivity index (χ3n) is 6.33. The summed E-state index contributed by atoms with van der Waals surface area (Å²) in [6, 6.07) is 17.2. The third kappa shape index (κ3) is 4.59. The number of fused-ring (bicyclic) bond motifs is 1. The highest BCUT2D eigenvalue weighted by Gasteiger charge is 2.21. The number of hydrogen-bond donors (Lipinski definition) is 1. The van der Waals surface area contributed by atoms with Crippen LogP contribution in [0, 0.1) is 0 Å². The molecule has 3 heterocycles. The van der Waals surface area contributed by atoms with Crippen LogP contribution in [0.3, 0.4) is 0 Å². The van der Waals surface area contributed by atoms with Crippen molar-refractivity contribution in [2.45, 2.75) is 38.8 Å². The van der Waals surface area contributed by atoms with Gasteiger partial charge in [-0.3, -0.25) is 9.59 Å². The second-order valence-electron chi connectivity index (χ2n) is 8.63. The van der Waals surface area contributed by atoms with E-state index < -0.39 is 6.04 Å². The summed E-state index contributed by atoms with van der Waals surface area (Å²) in [6.45, 7) is 2.63. The zero-order valence-corrected chi connectivity index (χ0v) is 19.8. The molecular formula is C27H27N5O3. The highest BCUT2D eigenvalue weighted by molar-refractivity contribution is 5.97. The van der Waals surface area contributed by atoms with Crippen LogP contribution < -0.4 is 15.6 Å². The highest BCUT2D eigenvalue weighted by Crippen LogP contribution is 2.29. The molecule has 1 N–H and O–H groups in total. The van der Waals surface area contributed by atoms with E-state index in [-0.39, 0.29) is 11.5 Å². The SMILES string of the molecule is COc1ccc(-c2ccc(=O)n(C(C)C(=O)Nc3ccccc3-c3cn4c(n3)CCCC4)n2)cc1. The molecule has 0 spiro atoms. The molecule has 178 valence electrons. The van der Waals surface area contributed by atoms with E-state index in [0.717, 1.165) is 54.2 Å². The number of imidazole rings is 1. The minimum atomic E-state index is -0.816. The van der Waals surface area contributed by atoms with Crippen LogP contribution in [0.2, 0.25) is 0 Å². The van der Waals surface area contributed by atoms with Crippen molar-refractivity contribution in [3.8, 4) is 28.3 Å². The number of carbonyl (C=O) groups excluding carboxylic acids is 1. The van der Waals surface area contributed by atoms with Crippen LogP contribution >= 0.6 is 0 Å². The number of aryl methyl sites for hydroxylation is 2. The van der Waals surface area contributed by atoms with Crippen LogP contribution in [0.15, 0.2) is 71.7 Å². The van der Waals surface area contributed by atoms with Crippen LogP contribution in [0.1, 0.15) is 31.6 Å². The van der Waals surface area contributed by atoms with Gasteiger partial charge in [-0.15, -0.1) is 0 Å². The lowest BCUT2D eigenvalue weighted by Crippen LogP contribution is -2.33. The van der Waals surface area contributed by atoms with E-state index in [4.69, 9.17) is 9.72 Å². The van der Waals surface area contributed by atoms with Crippen LogP contribution in [0.4, 0.5) is 5.69 Å². The normalized spacial score (nSPS) is 13.7. The number of anilines is 1. The smallest absolute Gasteiger partial charge is 0.267 e. The Labute approximate surface area is 203 Å². The maximum absolute atomic E-state index is 13.2. The van der Waals surface area contributed by atoms with Gasteiger partial charge in [-0.2, -0.15) is 5.10 Å². The maximum atomic E-state index is 13.2. The molecule has 1 atom stereocenters. The summed E-state index contributed by atoms with van der Waals surface area (Å²) < 4.78 is 8.61. The lowest BCUT2D eigenvalue weighted by Gasteiger charge is -2.16. The van der Waals surface area contributed by atoms with Gasteiger partial charge in [-0.25, -0.2) is 9.67 Å². The molecule has 1 unspecified atom stereocenters. The van der Waals surface area contributed by atoms with Crippen LogP contribution in [0.5, 0.6) is 5.75 Å². The molecule has 5 rings (SSSR count). The number of benzene rings is 2. The fourth-order valence-corrected chi connectivity index (χ4v) is 4.32. The number of aromatic nitrogens is 4. The predicted octanol–water partition coefficient (Wildman–Crippen LogP) is 4.32. The fraction of sp³-hybridized carbons (Fsp3) is 0.259. The van der Waals surface area contributed by atoms with Crippen molar-refractivity contribution in [2.75, 3.05) is 12.4 Å². The summed E-state index contributed by atoms with van der Waals surface area (Å²) in [6.07, 6.45) is 5.30. The van der Waals surface area contributed by atoms with Crippen molar-refractivity contribution in [2.24, 2.45) is 0 Å². The molecule has 0 radical (unpaired) electrons. The molecule has 8 heteroatoms. The molecule has 1 aliphatic heterocycles. The summed E-state index contributed by atoms with van der Waals surface area (Å²) in [5, 5.41) is 7.46. The number of rotatable bonds is 6. The molecule has 0 saturated carbocycles. The molecular weight excluding hydrogens is 442 g/mol. The number of nitrogens with zero attached hydrogens (tertiary/aromatic N) is 4. The van der Waals surface area contributed by atoms with Crippen molar-refractivity contribution in [3.63, 3.8) is 0 Å². The molecule has 4 aromatic rings. The van der Waals surface area contributed by atoms with Crippen molar-refractivity contribution in [3.05, 3.63) is 83.0 Å². The number of ether oxygens (including phenoxy) is 1. The Hall–Kier alpha value is -4.20. The molecule has 2 aromatic carbocycles. The van der Waals surface area contributed by atoms with Crippen molar-refractivity contribution >= 4 is 11.6 Å². The molecule has 2 aromatic heterocycles. The summed E-state index contributed by atoms with van der Waals surface area (Å²) in [4.78, 5) is 30.6. The number of para-hydroxylation sites is 1. The first-order chi connectivity index (χ1) is 17.0. The van der Waals surface area contributed by atoms with Crippen molar-refractivity contribution < 1.29 is 9.53 Å². The Balaban J connectivity index is 1.40. The Morgan fingerprint density at radius 3 is 2.60 bits per heavy atom. The van der Waals surface area contributed by atoms with Gasteiger partial charge >= 0.3 is 0 Å². The number of methoxy groups -OCH3 is 1. The van der Waals surface area contributed by atoms with Crippen molar-refractivity contribution in [1.82, 2.24) is 19.3 Å². The average molecular weight is 470 g/mol. The van der Waals surface area contributed by atoms with Gasteiger partial charge in [0.2, 0.25) is 5.91 Å². The lowest BCUT2D eigenvalue weighted by atomic mass is 10.1. The molecule has 0 saturated heterocycles. The zero-order valence-electron chi connectivity index (χ0n) is 19.8. The van der Waals surface area contributed by atoms with Crippen molar-refractivity contribution in [1.29, 1.82) is 0 Å². The summed E-state index contributed by atoms with van der Waals surface area (Å²) in [7, 11) is 1.60. The van der Waals surface area contributed by atoms with Gasteiger partial charge in [0.25, 0.3) is 5.56 Å². The quantitative estimate of drug-likeness (QED) is 0.454. The molecule has 1 amide bonds. The minimum absolute atomic E-state index is 0.331. The molecule has 0 aliphatic carbocycles. The Kier molecular flexibility index (Phi) is 6.18. The first kappa shape index (κ1) is 22.6. The highest BCUT2D eigenvalue weighted by atomic mass is 16.5. The molecule has 0 fully saturated rings. The van der Waals surface area contributed by atoms with E-state index in [1.165, 1.54) is 10.7 Å². The Morgan fingerprint density at radius 1 is 1.03 bits per heavy atom. The number of amides is 1. The summed E-state index contributed by atoms with van der Waals surface area (Å²) >= 11 is 0. The maximum Gasteiger partial charge on any atom is 0.267 e. The average Bonchev–Trinajstić information content (AvgIpc) is 3.33. The van der Waals surface area contributed by atoms with E-state index in [2.05, 4.69) is 15.0 Å². The van der Waals surface area contributed by atoms with Gasteiger partial charge in [0.15, 0.2) is 0 Å². The fourth-order valence-electron chi connectivity index (χ4n) is 4.32. The van der Waals surface area contributed by atoms with Gasteiger partial charge < -0.3 is 14.6 Å². The molecule has 1 aliphatic rings. The first-order valence-electron chi connectivity index (χ1n) is 11.7. The predicted molar refractivity (Wildman–Crippen MR) is 134 cm³/mol. The Bertz CT molecular complexity index is 1400. The monoisotopic (exact) mass is 469 g/mol. The minimum Gasteiger partial charge on any atom is -0.497 e. The first-order valence-corrected chi connectivity index (χ1v) is 11.7. The number of hydrogen-bond acceptors (Lipinski definition) is 5. The topological polar surface area (TPSA) is 91.0 Å². The molecule has 8 nitrogen and oxygen atoms in total. The van der Waals surface area contributed by atoms with E-state index in [0.29, 0.717) is 11.4 Å². The second-order valence-corrected chi connectivity index (χ2v) is 8.63. The second kappa shape index (κ2) is 9.58. The van der Waals surface area contributed by atoms with Gasteiger partial charge in [-0.1, -0.05) is 18.2 Å². The zero-order chi connectivity index (χ0) is 24.4. The van der Waals surface area contributed by atoms with Gasteiger partial charge in [0.1, 0.15) is 17.6 Å². The van der Waals surface area contributed by atoms with Gasteiger partial charge in [-0.05, 0) is 56.2 Å². The number of nitrogens with one attached hydrogen (secondary N) is 1. The third-order valence-corrected chi connectivity index (χ3v) is 6.33. The van der Waals surface area contributed by atoms with Gasteiger partial charge in [0, 0.05) is 36.4 Å². The van der Waals surface area contributed by atoms with E-state index in [1.54, 1.807) is 20.1 Å². The summed E-state index contributed by atoms with van der Waals surface area (Å²) in [5.41, 5.74) is 3.40. The summed E-state index contributed by atoms with van der Waals surface area (Å²) in [5.74, 6) is 1.47. The van der Waals surface area contributed by atoms with Crippen LogP contribution in [-0.2, 0) is 17.8 Å². The molecule has 35 heavy (non-hydrogen) atoms. The number of carbonyl (C=O) groups is 1. The standard InChI is InChI=1S/C27H27N5O3/c1-18(32-26(33)15-14-22(30-32)19-10-12-20(35-2)13-11-19)27(34)29-23-8-4-3-7-21(23)24-17-31-16-6-5-9-25(31)28-24/h3-4,7-8,10-15,17-18H,5-6,9,16H2,1-2H3,(H,29,34). The van der Waals surface area contributed by atoms with Crippen LogP contribution in [0.25, 0.3) is 22.5 Å². The Morgan fingerprint density at radius 2 is 1.83 bits per heavy atom. The van der Waals surface area contributed by atoms with E-state index >= 15 is 0 Å².